The number of fused-ring (bicyclic) bond motifs is 1. The number of carbonyl (C=O) groups is 2. The Morgan fingerprint density at radius 2 is 1.80 bits per heavy atom. The van der Waals surface area contributed by atoms with E-state index in [4.69, 9.17) is 4.74 Å². The smallest absolute Gasteiger partial charge is 0.258 e. The highest BCUT2D eigenvalue weighted by Crippen LogP contribution is 2.35. The first-order valence-corrected chi connectivity index (χ1v) is 11.2. The molecule has 0 N–H and O–H groups in total. The van der Waals surface area contributed by atoms with Crippen LogP contribution in [0.25, 0.3) is 0 Å². The summed E-state index contributed by atoms with van der Waals surface area (Å²) in [5, 5.41) is 0. The molecule has 0 aromatic heterocycles. The van der Waals surface area contributed by atoms with Crippen LogP contribution in [0, 0.1) is 6.92 Å². The minimum absolute atomic E-state index is 0.0401. The van der Waals surface area contributed by atoms with Crippen molar-refractivity contribution < 1.29 is 14.3 Å². The number of rotatable bonds is 3. The van der Waals surface area contributed by atoms with Gasteiger partial charge in [-0.2, -0.15) is 0 Å². The Hall–Kier alpha value is -2.12. The third-order valence-corrected chi connectivity index (χ3v) is 6.85. The number of aryl methyl sites for hydroxylation is 1. The maximum Gasteiger partial charge on any atom is 0.258 e. The largest absolute Gasteiger partial charge is 0.484 e. The number of likely N-dealkylation sites (tertiary alicyclic amines) is 1. The molecule has 2 saturated heterocycles. The molecule has 0 radical (unpaired) electrons. The molecular formula is C23H34N4O3. The number of hydrogen-bond donors (Lipinski definition) is 0. The fraction of sp³-hybridized carbons (Fsp3) is 0.652. The molecule has 4 rings (SSSR count). The van der Waals surface area contributed by atoms with Crippen LogP contribution in [0.4, 0.5) is 0 Å². The van der Waals surface area contributed by atoms with Crippen LogP contribution < -0.4 is 4.74 Å². The van der Waals surface area contributed by atoms with Crippen LogP contribution in [0.5, 0.6) is 5.75 Å². The quantitative estimate of drug-likeness (QED) is 0.750. The van der Waals surface area contributed by atoms with E-state index in [0.717, 1.165) is 64.2 Å². The average molecular weight is 415 g/mol. The predicted octanol–water partition coefficient (Wildman–Crippen LogP) is 1.46. The molecule has 3 heterocycles. The van der Waals surface area contributed by atoms with Crippen LogP contribution in [-0.4, -0.2) is 103 Å². The van der Waals surface area contributed by atoms with Gasteiger partial charge < -0.3 is 24.3 Å². The molecule has 0 atom stereocenters. The molecule has 0 aliphatic carbocycles. The number of likely N-dealkylation sites (N-methyl/N-ethyl adjacent to an activating group) is 1. The molecule has 30 heavy (non-hydrogen) atoms. The summed E-state index contributed by atoms with van der Waals surface area (Å²) in [6, 6.07) is 5.80. The first-order chi connectivity index (χ1) is 14.4. The Kier molecular flexibility index (Phi) is 6.02. The molecule has 2 amide bonds. The van der Waals surface area contributed by atoms with Gasteiger partial charge in [0.2, 0.25) is 5.91 Å². The number of piperidine rings is 1. The highest BCUT2D eigenvalue weighted by atomic mass is 16.5. The lowest BCUT2D eigenvalue weighted by molar-refractivity contribution is -0.134. The summed E-state index contributed by atoms with van der Waals surface area (Å²) in [5.74, 6) is 0.602. The summed E-state index contributed by atoms with van der Waals surface area (Å²) >= 11 is 0. The van der Waals surface area contributed by atoms with Gasteiger partial charge in [0.25, 0.3) is 5.91 Å². The van der Waals surface area contributed by atoms with E-state index in [0.29, 0.717) is 17.9 Å². The second-order valence-corrected chi connectivity index (χ2v) is 9.06. The second-order valence-electron chi connectivity index (χ2n) is 9.06. The predicted molar refractivity (Wildman–Crippen MR) is 116 cm³/mol. The van der Waals surface area contributed by atoms with Crippen molar-refractivity contribution in [1.29, 1.82) is 0 Å². The molecule has 7 nitrogen and oxygen atoms in total. The zero-order valence-electron chi connectivity index (χ0n) is 18.5. The Morgan fingerprint density at radius 3 is 2.47 bits per heavy atom. The molecule has 1 spiro atoms. The fourth-order valence-corrected chi connectivity index (χ4v) is 4.75. The Bertz CT molecular complexity index is 796. The van der Waals surface area contributed by atoms with Crippen LogP contribution in [-0.2, 0) is 4.79 Å². The standard InChI is InChI=1S/C23H34N4O3/c1-4-25-11-13-26(14-12-25)21(28)16-27-17-23(7-9-24(3)10-8-23)30-20-6-5-18(2)15-19(20)22(27)29/h5-6,15H,4,7-14,16-17H2,1-3H3. The van der Waals surface area contributed by atoms with Crippen molar-refractivity contribution >= 4 is 11.8 Å². The van der Waals surface area contributed by atoms with E-state index in [-0.39, 0.29) is 18.4 Å². The zero-order valence-corrected chi connectivity index (χ0v) is 18.5. The van der Waals surface area contributed by atoms with E-state index < -0.39 is 5.60 Å². The zero-order chi connectivity index (χ0) is 21.3. The topological polar surface area (TPSA) is 56.3 Å². The minimum Gasteiger partial charge on any atom is -0.484 e. The van der Waals surface area contributed by atoms with Crippen LogP contribution in [0.2, 0.25) is 0 Å². The maximum absolute atomic E-state index is 13.5. The SMILES string of the molecule is CCN1CCN(C(=O)CN2CC3(CCN(C)CC3)Oc3ccc(C)cc3C2=O)CC1. The van der Waals surface area contributed by atoms with Gasteiger partial charge in [0.15, 0.2) is 0 Å². The van der Waals surface area contributed by atoms with Gasteiger partial charge >= 0.3 is 0 Å². The fourth-order valence-electron chi connectivity index (χ4n) is 4.75. The van der Waals surface area contributed by atoms with Crippen LogP contribution >= 0.6 is 0 Å². The number of carbonyl (C=O) groups excluding carboxylic acids is 2. The Morgan fingerprint density at radius 1 is 1.10 bits per heavy atom. The molecule has 0 saturated carbocycles. The maximum atomic E-state index is 13.5. The normalized spacial score (nSPS) is 22.6. The summed E-state index contributed by atoms with van der Waals surface area (Å²) in [7, 11) is 2.11. The van der Waals surface area contributed by atoms with Gasteiger partial charge in [-0.25, -0.2) is 0 Å². The molecule has 3 aliphatic rings. The number of piperazine rings is 1. The number of amides is 2. The Balaban J connectivity index is 1.56. The lowest BCUT2D eigenvalue weighted by Gasteiger charge is -2.42. The minimum atomic E-state index is -0.427. The molecule has 2 fully saturated rings. The summed E-state index contributed by atoms with van der Waals surface area (Å²) in [6.07, 6.45) is 1.70. The monoisotopic (exact) mass is 414 g/mol. The van der Waals surface area contributed by atoms with Gasteiger partial charge in [0, 0.05) is 52.1 Å². The van der Waals surface area contributed by atoms with Crippen molar-refractivity contribution in [3.8, 4) is 5.75 Å². The van der Waals surface area contributed by atoms with E-state index in [2.05, 4.69) is 23.8 Å². The number of benzene rings is 1. The molecule has 0 unspecified atom stereocenters. The van der Waals surface area contributed by atoms with Gasteiger partial charge in [-0.1, -0.05) is 18.6 Å². The Labute approximate surface area is 179 Å². The highest BCUT2D eigenvalue weighted by molar-refractivity contribution is 5.99. The number of ether oxygens (including phenoxy) is 1. The summed E-state index contributed by atoms with van der Waals surface area (Å²) in [6.45, 7) is 10.8. The third kappa shape index (κ3) is 4.32. The van der Waals surface area contributed by atoms with E-state index in [1.807, 2.05) is 30.0 Å². The van der Waals surface area contributed by atoms with Crippen LogP contribution in [0.1, 0.15) is 35.7 Å². The van der Waals surface area contributed by atoms with Crippen molar-refractivity contribution in [2.75, 3.05) is 66.0 Å². The lowest BCUT2D eigenvalue weighted by atomic mass is 9.90. The molecule has 1 aromatic carbocycles. The summed E-state index contributed by atoms with van der Waals surface area (Å²) in [5.41, 5.74) is 1.17. The molecule has 0 bridgehead atoms. The highest BCUT2D eigenvalue weighted by Gasteiger charge is 2.43. The van der Waals surface area contributed by atoms with Crippen LogP contribution in [0.3, 0.4) is 0 Å². The third-order valence-electron chi connectivity index (χ3n) is 6.85. The van der Waals surface area contributed by atoms with Crippen molar-refractivity contribution in [3.63, 3.8) is 0 Å². The van der Waals surface area contributed by atoms with E-state index in [9.17, 15) is 9.59 Å². The van der Waals surface area contributed by atoms with Gasteiger partial charge in [-0.05, 0) is 32.6 Å². The van der Waals surface area contributed by atoms with E-state index in [1.54, 1.807) is 4.90 Å². The van der Waals surface area contributed by atoms with Crippen molar-refractivity contribution in [2.45, 2.75) is 32.3 Å². The van der Waals surface area contributed by atoms with Crippen molar-refractivity contribution in [1.82, 2.24) is 19.6 Å². The van der Waals surface area contributed by atoms with Crippen LogP contribution in [0.15, 0.2) is 18.2 Å². The molecule has 1 aromatic rings. The number of hydrogen-bond acceptors (Lipinski definition) is 5. The molecule has 3 aliphatic heterocycles. The molecule has 7 heteroatoms. The first-order valence-electron chi connectivity index (χ1n) is 11.2. The van der Waals surface area contributed by atoms with Crippen molar-refractivity contribution in [2.24, 2.45) is 0 Å². The number of nitrogens with zero attached hydrogens (tertiary/aromatic N) is 4. The van der Waals surface area contributed by atoms with E-state index >= 15 is 0 Å². The van der Waals surface area contributed by atoms with Gasteiger partial charge in [-0.15, -0.1) is 0 Å². The lowest BCUT2D eigenvalue weighted by Crippen LogP contribution is -2.56. The van der Waals surface area contributed by atoms with Gasteiger partial charge in [0.1, 0.15) is 17.9 Å². The van der Waals surface area contributed by atoms with E-state index in [1.165, 1.54) is 0 Å². The first kappa shape index (κ1) is 21.1. The molecule has 164 valence electrons. The summed E-state index contributed by atoms with van der Waals surface area (Å²) < 4.78 is 6.52. The van der Waals surface area contributed by atoms with Gasteiger partial charge in [0.05, 0.1) is 12.1 Å². The average Bonchev–Trinajstić information content (AvgIpc) is 2.86. The van der Waals surface area contributed by atoms with Crippen molar-refractivity contribution in [3.05, 3.63) is 29.3 Å². The molecular weight excluding hydrogens is 380 g/mol. The summed E-state index contributed by atoms with van der Waals surface area (Å²) in [4.78, 5) is 34.8. The second kappa shape index (κ2) is 8.55. The van der Waals surface area contributed by atoms with Gasteiger partial charge in [-0.3, -0.25) is 9.59 Å².